The quantitative estimate of drug-likeness (QED) is 0.320. The second-order valence-corrected chi connectivity index (χ2v) is 4.92. The van der Waals surface area contributed by atoms with E-state index in [1.54, 1.807) is 0 Å². The van der Waals surface area contributed by atoms with Crippen LogP contribution < -0.4 is 5.73 Å². The van der Waals surface area contributed by atoms with Crippen LogP contribution in [0.5, 0.6) is 0 Å². The first kappa shape index (κ1) is 8.06. The molecular formula is C3H11NO3Si. The van der Waals surface area contributed by atoms with Gasteiger partial charge in [0.05, 0.1) is 5.16 Å². The van der Waals surface area contributed by atoms with Crippen LogP contribution in [0.15, 0.2) is 0 Å². The largest absolute Gasteiger partial charge is 0.513 e. The van der Waals surface area contributed by atoms with E-state index >= 15 is 0 Å². The van der Waals surface area contributed by atoms with Crippen LogP contribution in [0, 0.1) is 0 Å². The van der Waals surface area contributed by atoms with Crippen LogP contribution in [-0.4, -0.2) is 28.4 Å². The monoisotopic (exact) mass is 137 g/mol. The van der Waals surface area contributed by atoms with Crippen molar-refractivity contribution < 1.29 is 14.4 Å². The molecule has 0 unspecified atom stereocenters. The van der Waals surface area contributed by atoms with Crippen LogP contribution in [0.3, 0.4) is 0 Å². The van der Waals surface area contributed by atoms with Crippen LogP contribution >= 0.6 is 0 Å². The molecule has 5 heteroatoms. The highest BCUT2D eigenvalue weighted by molar-refractivity contribution is 6.59. The van der Waals surface area contributed by atoms with Gasteiger partial charge >= 0.3 is 8.80 Å². The molecule has 0 amide bonds. The van der Waals surface area contributed by atoms with E-state index < -0.39 is 14.0 Å². The highest BCUT2D eigenvalue weighted by Gasteiger charge is 2.43. The Bertz CT molecular complexity index is 69.5. The van der Waals surface area contributed by atoms with Crippen molar-refractivity contribution in [2.24, 2.45) is 5.73 Å². The molecule has 0 bridgehead atoms. The fourth-order valence-electron chi connectivity index (χ4n) is 0. The first-order valence-corrected chi connectivity index (χ1v) is 4.05. The van der Waals surface area contributed by atoms with Crippen molar-refractivity contribution in [1.82, 2.24) is 0 Å². The van der Waals surface area contributed by atoms with E-state index in [1.165, 1.54) is 13.8 Å². The maximum Gasteiger partial charge on any atom is 0.513 e. The summed E-state index contributed by atoms with van der Waals surface area (Å²) in [5.41, 5.74) is 5.12. The van der Waals surface area contributed by atoms with E-state index in [0.29, 0.717) is 0 Å². The lowest BCUT2D eigenvalue weighted by molar-refractivity contribution is 0.191. The zero-order valence-electron chi connectivity index (χ0n) is 4.92. The second kappa shape index (κ2) is 1.78. The van der Waals surface area contributed by atoms with Crippen molar-refractivity contribution >= 4 is 8.80 Å². The van der Waals surface area contributed by atoms with Crippen LogP contribution in [0.1, 0.15) is 13.8 Å². The molecule has 0 aliphatic carbocycles. The second-order valence-electron chi connectivity index (χ2n) is 2.36. The summed E-state index contributed by atoms with van der Waals surface area (Å²) in [5.74, 6) is 0. The van der Waals surface area contributed by atoms with Gasteiger partial charge in [0, 0.05) is 0 Å². The van der Waals surface area contributed by atoms with Crippen molar-refractivity contribution in [3.8, 4) is 0 Å². The number of rotatable bonds is 1. The summed E-state index contributed by atoms with van der Waals surface area (Å²) in [5, 5.41) is -1.26. The Morgan fingerprint density at radius 1 is 1.25 bits per heavy atom. The Kier molecular flexibility index (Phi) is 1.79. The van der Waals surface area contributed by atoms with E-state index in [2.05, 4.69) is 0 Å². The number of nitrogens with two attached hydrogens (primary N) is 1. The molecule has 0 saturated carbocycles. The van der Waals surface area contributed by atoms with E-state index in [0.717, 1.165) is 0 Å². The lowest BCUT2D eigenvalue weighted by Gasteiger charge is -2.24. The topological polar surface area (TPSA) is 86.7 Å². The first-order chi connectivity index (χ1) is 3.25. The third kappa shape index (κ3) is 1.89. The molecule has 0 aromatic carbocycles. The summed E-state index contributed by atoms with van der Waals surface area (Å²) in [7, 11) is -4.08. The van der Waals surface area contributed by atoms with Gasteiger partial charge in [0.2, 0.25) is 0 Å². The predicted molar refractivity (Wildman–Crippen MR) is 30.7 cm³/mol. The Labute approximate surface area is 48.9 Å². The zero-order valence-corrected chi connectivity index (χ0v) is 5.92. The average molecular weight is 137 g/mol. The first-order valence-electron chi connectivity index (χ1n) is 2.21. The number of hydrogen-bond acceptors (Lipinski definition) is 4. The summed E-state index contributed by atoms with van der Waals surface area (Å²) in [6.45, 7) is 2.72. The molecule has 0 spiro atoms. The third-order valence-electron chi connectivity index (χ3n) is 0.864. The van der Waals surface area contributed by atoms with Crippen molar-refractivity contribution in [2.45, 2.75) is 19.0 Å². The molecule has 0 fully saturated rings. The van der Waals surface area contributed by atoms with E-state index in [-0.39, 0.29) is 0 Å². The van der Waals surface area contributed by atoms with Gasteiger partial charge in [-0.05, 0) is 13.8 Å². The molecule has 4 nitrogen and oxygen atoms in total. The van der Waals surface area contributed by atoms with Crippen molar-refractivity contribution in [1.29, 1.82) is 0 Å². The molecular weight excluding hydrogens is 126 g/mol. The van der Waals surface area contributed by atoms with Crippen molar-refractivity contribution in [3.05, 3.63) is 0 Å². The maximum absolute atomic E-state index is 8.48. The normalized spacial score (nSPS) is 14.2. The minimum Gasteiger partial charge on any atom is -0.389 e. The van der Waals surface area contributed by atoms with Gasteiger partial charge in [-0.2, -0.15) is 0 Å². The summed E-state index contributed by atoms with van der Waals surface area (Å²) in [4.78, 5) is 25.4. The highest BCUT2D eigenvalue weighted by Crippen LogP contribution is 2.05. The third-order valence-corrected chi connectivity index (χ3v) is 2.59. The van der Waals surface area contributed by atoms with Gasteiger partial charge in [-0.1, -0.05) is 0 Å². The molecule has 50 valence electrons. The number of hydrogen-bond donors (Lipinski definition) is 4. The van der Waals surface area contributed by atoms with Gasteiger partial charge < -0.3 is 20.1 Å². The molecule has 8 heavy (non-hydrogen) atoms. The van der Waals surface area contributed by atoms with Gasteiger partial charge in [0.1, 0.15) is 0 Å². The van der Waals surface area contributed by atoms with Gasteiger partial charge in [-0.25, -0.2) is 0 Å². The lowest BCUT2D eigenvalue weighted by Crippen LogP contribution is -2.61. The van der Waals surface area contributed by atoms with Gasteiger partial charge in [0.25, 0.3) is 0 Å². The fourth-order valence-corrected chi connectivity index (χ4v) is 0. The molecule has 0 aliphatic heterocycles. The van der Waals surface area contributed by atoms with Crippen LogP contribution in [-0.2, 0) is 0 Å². The standard InChI is InChI=1S/C3H11NO3Si/c1-3(2,4)8(5,6)7/h5-7H,4H2,1-2H3. The zero-order chi connectivity index (χ0) is 7.00. The van der Waals surface area contributed by atoms with Crippen LogP contribution in [0.4, 0.5) is 0 Å². The molecule has 0 aromatic heterocycles. The van der Waals surface area contributed by atoms with Gasteiger partial charge in [-0.15, -0.1) is 0 Å². The highest BCUT2D eigenvalue weighted by atomic mass is 28.4. The molecule has 0 radical (unpaired) electrons. The predicted octanol–water partition coefficient (Wildman–Crippen LogP) is -1.82. The van der Waals surface area contributed by atoms with Crippen LogP contribution in [0.25, 0.3) is 0 Å². The van der Waals surface area contributed by atoms with E-state index in [9.17, 15) is 0 Å². The van der Waals surface area contributed by atoms with E-state index in [4.69, 9.17) is 20.1 Å². The van der Waals surface area contributed by atoms with Gasteiger partial charge in [0.15, 0.2) is 0 Å². The molecule has 0 aliphatic rings. The molecule has 0 saturated heterocycles. The fraction of sp³-hybridized carbons (Fsp3) is 1.00. The molecule has 0 rings (SSSR count). The summed E-state index contributed by atoms with van der Waals surface area (Å²) < 4.78 is 0. The van der Waals surface area contributed by atoms with Gasteiger partial charge in [-0.3, -0.25) is 0 Å². The summed E-state index contributed by atoms with van der Waals surface area (Å²) >= 11 is 0. The lowest BCUT2D eigenvalue weighted by atomic mass is 10.4. The molecule has 0 atom stereocenters. The average Bonchev–Trinajstić information content (AvgIpc) is 1.25. The molecule has 0 aromatic rings. The van der Waals surface area contributed by atoms with E-state index in [1.807, 2.05) is 0 Å². The summed E-state index contributed by atoms with van der Waals surface area (Å²) in [6.07, 6.45) is 0. The van der Waals surface area contributed by atoms with Crippen molar-refractivity contribution in [3.63, 3.8) is 0 Å². The molecule has 5 N–H and O–H groups in total. The Morgan fingerprint density at radius 2 is 1.38 bits per heavy atom. The smallest absolute Gasteiger partial charge is 0.389 e. The van der Waals surface area contributed by atoms with Crippen LogP contribution in [0.2, 0.25) is 0 Å². The maximum atomic E-state index is 8.48. The van der Waals surface area contributed by atoms with Crippen molar-refractivity contribution in [2.75, 3.05) is 0 Å². The SMILES string of the molecule is CC(C)(N)[Si](O)(O)O. The Balaban J connectivity index is 4.02. The Hall–Kier alpha value is 0.0569. The Morgan fingerprint density at radius 3 is 1.38 bits per heavy atom. The minimum absolute atomic E-state index is 1.26. The molecule has 0 heterocycles. The minimum atomic E-state index is -4.08. The summed E-state index contributed by atoms with van der Waals surface area (Å²) in [6, 6.07) is 0.